The zero-order valence-electron chi connectivity index (χ0n) is 22.7. The molecule has 0 bridgehead atoms. The lowest BCUT2D eigenvalue weighted by atomic mass is 10.1. The van der Waals surface area contributed by atoms with Gasteiger partial charge in [0.2, 0.25) is 10.0 Å². The second-order valence-electron chi connectivity index (χ2n) is 9.80. The van der Waals surface area contributed by atoms with Gasteiger partial charge in [0.15, 0.2) is 5.13 Å². The van der Waals surface area contributed by atoms with Crippen LogP contribution < -0.4 is 4.90 Å². The first-order chi connectivity index (χ1) is 18.4. The number of anilines is 1. The Morgan fingerprint density at radius 3 is 2.37 bits per heavy atom. The van der Waals surface area contributed by atoms with Gasteiger partial charge in [0.1, 0.15) is 0 Å². The summed E-state index contributed by atoms with van der Waals surface area (Å²) < 4.78 is 35.2. The summed E-state index contributed by atoms with van der Waals surface area (Å²) in [6.07, 6.45) is 6.20. The van der Waals surface area contributed by atoms with E-state index < -0.39 is 10.0 Å². The number of benzene rings is 2. The highest BCUT2D eigenvalue weighted by molar-refractivity contribution is 7.89. The molecule has 1 aromatic heterocycles. The Morgan fingerprint density at radius 1 is 1.05 bits per heavy atom. The van der Waals surface area contributed by atoms with Crippen molar-refractivity contribution in [2.75, 3.05) is 31.1 Å². The van der Waals surface area contributed by atoms with E-state index in [-0.39, 0.29) is 16.9 Å². The summed E-state index contributed by atoms with van der Waals surface area (Å²) in [6.45, 7) is 8.35. The van der Waals surface area contributed by atoms with Crippen LogP contribution in [0.3, 0.4) is 0 Å². The Morgan fingerprint density at radius 2 is 1.76 bits per heavy atom. The quantitative estimate of drug-likeness (QED) is 0.247. The lowest BCUT2D eigenvalue weighted by Crippen LogP contribution is -2.37. The number of sulfonamides is 1. The number of fused-ring (bicyclic) bond motifs is 1. The van der Waals surface area contributed by atoms with Gasteiger partial charge in [0, 0.05) is 25.3 Å². The third kappa shape index (κ3) is 6.45. The number of para-hydroxylation sites is 1. The van der Waals surface area contributed by atoms with E-state index in [0.717, 1.165) is 60.7 Å². The number of carbonyl (C=O) groups excluding carboxylic acids is 1. The van der Waals surface area contributed by atoms with Gasteiger partial charge < -0.3 is 4.74 Å². The summed E-state index contributed by atoms with van der Waals surface area (Å²) in [4.78, 5) is 20.6. The fraction of sp³-hybridized carbons (Fsp3) is 0.517. The molecule has 38 heavy (non-hydrogen) atoms. The molecule has 1 amide bonds. The minimum atomic E-state index is -3.63. The van der Waals surface area contributed by atoms with Crippen LogP contribution in [0.5, 0.6) is 0 Å². The molecule has 1 aliphatic heterocycles. The van der Waals surface area contributed by atoms with Crippen molar-refractivity contribution < 1.29 is 17.9 Å². The number of thiazole rings is 1. The molecule has 2 aromatic carbocycles. The number of unbranched alkanes of at least 4 members (excludes halogenated alkanes) is 2. The molecule has 4 rings (SSSR count). The Hall–Kier alpha value is -2.33. The van der Waals surface area contributed by atoms with Gasteiger partial charge in [-0.2, -0.15) is 4.31 Å². The first kappa shape index (κ1) is 28.7. The highest BCUT2D eigenvalue weighted by Crippen LogP contribution is 2.33. The Kier molecular flexibility index (Phi) is 9.92. The van der Waals surface area contributed by atoms with E-state index in [0.29, 0.717) is 36.9 Å². The number of rotatable bonds is 13. The molecule has 1 aliphatic rings. The maximum atomic E-state index is 13.8. The van der Waals surface area contributed by atoms with Crippen molar-refractivity contribution >= 4 is 42.6 Å². The van der Waals surface area contributed by atoms with Crippen molar-refractivity contribution in [1.29, 1.82) is 0 Å². The van der Waals surface area contributed by atoms with E-state index >= 15 is 0 Å². The minimum Gasteiger partial charge on any atom is -0.376 e. The average molecular weight is 558 g/mol. The van der Waals surface area contributed by atoms with Crippen LogP contribution in [0.1, 0.15) is 75.2 Å². The molecule has 0 radical (unpaired) electrons. The second kappa shape index (κ2) is 13.2. The molecule has 3 aromatic rings. The molecule has 9 heteroatoms. The van der Waals surface area contributed by atoms with Crippen LogP contribution >= 0.6 is 11.3 Å². The van der Waals surface area contributed by atoms with Crippen LogP contribution in [-0.2, 0) is 21.2 Å². The number of ether oxygens (including phenoxy) is 1. The summed E-state index contributed by atoms with van der Waals surface area (Å²) in [5, 5.41) is 0.642. The van der Waals surface area contributed by atoms with Crippen molar-refractivity contribution in [2.45, 2.75) is 76.7 Å². The molecule has 7 nitrogen and oxygen atoms in total. The summed E-state index contributed by atoms with van der Waals surface area (Å²) in [5.41, 5.74) is 2.52. The van der Waals surface area contributed by atoms with E-state index in [2.05, 4.69) is 26.8 Å². The molecule has 1 saturated heterocycles. The van der Waals surface area contributed by atoms with E-state index in [4.69, 9.17) is 9.72 Å². The lowest BCUT2D eigenvalue weighted by Gasteiger charge is -2.24. The van der Waals surface area contributed by atoms with Crippen LogP contribution in [0.15, 0.2) is 47.4 Å². The number of hydrogen-bond donors (Lipinski definition) is 0. The van der Waals surface area contributed by atoms with E-state index in [1.165, 1.54) is 11.3 Å². The van der Waals surface area contributed by atoms with Gasteiger partial charge in [-0.15, -0.1) is 0 Å². The zero-order chi connectivity index (χ0) is 27.1. The summed E-state index contributed by atoms with van der Waals surface area (Å²) in [5.74, 6) is -0.199. The van der Waals surface area contributed by atoms with Crippen molar-refractivity contribution in [3.63, 3.8) is 0 Å². The zero-order valence-corrected chi connectivity index (χ0v) is 24.3. The summed E-state index contributed by atoms with van der Waals surface area (Å²) in [6, 6.07) is 12.5. The van der Waals surface area contributed by atoms with Gasteiger partial charge >= 0.3 is 0 Å². The first-order valence-corrected chi connectivity index (χ1v) is 16.1. The van der Waals surface area contributed by atoms with Crippen LogP contribution in [0, 0.1) is 0 Å². The first-order valence-electron chi connectivity index (χ1n) is 13.8. The molecular formula is C29H39N3O4S2. The predicted molar refractivity (Wildman–Crippen MR) is 155 cm³/mol. The van der Waals surface area contributed by atoms with Gasteiger partial charge in [-0.25, -0.2) is 13.4 Å². The van der Waals surface area contributed by atoms with Crippen LogP contribution in [0.2, 0.25) is 0 Å². The van der Waals surface area contributed by atoms with Gasteiger partial charge in [-0.05, 0) is 68.0 Å². The Balaban J connectivity index is 1.62. The molecular weight excluding hydrogens is 518 g/mol. The smallest absolute Gasteiger partial charge is 0.260 e. The fourth-order valence-electron chi connectivity index (χ4n) is 4.73. The monoisotopic (exact) mass is 557 g/mol. The standard InChI is InChI=1S/C29H39N3O4S2/c1-4-7-18-31(19-8-5-2)38(34,35)25-16-14-23(15-17-25)28(33)32(21-24-12-10-20-36-24)29-30-27-22(6-3)11-9-13-26(27)37-29/h9,11,13-17,24H,4-8,10,12,18-21H2,1-3H3. The van der Waals surface area contributed by atoms with E-state index in [1.807, 2.05) is 12.1 Å². The largest absolute Gasteiger partial charge is 0.376 e. The normalized spacial score (nSPS) is 15.9. The molecule has 0 spiro atoms. The van der Waals surface area contributed by atoms with Crippen LogP contribution in [0.4, 0.5) is 5.13 Å². The SMILES string of the molecule is CCCCN(CCCC)S(=O)(=O)c1ccc(C(=O)N(CC2CCCO2)c2nc3c(CC)cccc3s2)cc1. The Labute approximate surface area is 230 Å². The molecule has 1 atom stereocenters. The van der Waals surface area contributed by atoms with Gasteiger partial charge in [0.25, 0.3) is 5.91 Å². The fourth-order valence-corrected chi connectivity index (χ4v) is 7.27. The summed E-state index contributed by atoms with van der Waals surface area (Å²) in [7, 11) is -3.63. The number of carbonyl (C=O) groups is 1. The second-order valence-corrected chi connectivity index (χ2v) is 12.7. The average Bonchev–Trinajstić information content (AvgIpc) is 3.61. The number of amides is 1. The number of nitrogens with zero attached hydrogens (tertiary/aromatic N) is 3. The van der Waals surface area contributed by atoms with Crippen molar-refractivity contribution in [3.8, 4) is 0 Å². The molecule has 206 valence electrons. The maximum Gasteiger partial charge on any atom is 0.260 e. The van der Waals surface area contributed by atoms with E-state index in [1.54, 1.807) is 33.5 Å². The number of aryl methyl sites for hydroxylation is 1. The van der Waals surface area contributed by atoms with E-state index in [9.17, 15) is 13.2 Å². The van der Waals surface area contributed by atoms with Crippen LogP contribution in [-0.4, -0.2) is 56.0 Å². The molecule has 1 unspecified atom stereocenters. The van der Waals surface area contributed by atoms with Gasteiger partial charge in [-0.1, -0.05) is 57.1 Å². The highest BCUT2D eigenvalue weighted by atomic mass is 32.2. The highest BCUT2D eigenvalue weighted by Gasteiger charge is 2.28. The maximum absolute atomic E-state index is 13.8. The number of aromatic nitrogens is 1. The molecule has 0 aliphatic carbocycles. The third-order valence-corrected chi connectivity index (χ3v) is 9.98. The summed E-state index contributed by atoms with van der Waals surface area (Å²) >= 11 is 1.50. The topological polar surface area (TPSA) is 79.8 Å². The van der Waals surface area contributed by atoms with Crippen molar-refractivity contribution in [3.05, 3.63) is 53.6 Å². The lowest BCUT2D eigenvalue weighted by molar-refractivity contribution is 0.0917. The molecule has 1 fully saturated rings. The molecule has 2 heterocycles. The third-order valence-electron chi connectivity index (χ3n) is 7.02. The van der Waals surface area contributed by atoms with Crippen LogP contribution in [0.25, 0.3) is 10.2 Å². The molecule has 0 N–H and O–H groups in total. The predicted octanol–water partition coefficient (Wildman–Crippen LogP) is 6.28. The number of hydrogen-bond acceptors (Lipinski definition) is 6. The minimum absolute atomic E-state index is 0.0399. The van der Waals surface area contributed by atoms with Crippen molar-refractivity contribution in [1.82, 2.24) is 9.29 Å². The van der Waals surface area contributed by atoms with Gasteiger partial charge in [-0.3, -0.25) is 9.69 Å². The van der Waals surface area contributed by atoms with Crippen molar-refractivity contribution in [2.24, 2.45) is 0 Å². The van der Waals surface area contributed by atoms with Gasteiger partial charge in [0.05, 0.1) is 27.8 Å². The molecule has 0 saturated carbocycles. The Bertz CT molecular complexity index is 1310.